The maximum atomic E-state index is 13.2. The highest BCUT2D eigenvalue weighted by molar-refractivity contribution is 5.94. The van der Waals surface area contributed by atoms with E-state index in [1.807, 2.05) is 20.8 Å². The lowest BCUT2D eigenvalue weighted by atomic mass is 10.3. The number of amides is 2. The number of benzene rings is 1. The van der Waals surface area contributed by atoms with Crippen LogP contribution in [0.1, 0.15) is 20.8 Å². The van der Waals surface area contributed by atoms with Gasteiger partial charge in [-0.05, 0) is 39.0 Å². The zero-order chi connectivity index (χ0) is 19.5. The van der Waals surface area contributed by atoms with E-state index in [0.29, 0.717) is 31.3 Å². The minimum atomic E-state index is -0.422. The third-order valence-electron chi connectivity index (χ3n) is 3.67. The molecule has 1 aromatic carbocycles. The van der Waals surface area contributed by atoms with Gasteiger partial charge in [-0.15, -0.1) is 0 Å². The number of rotatable bonds is 8. The lowest BCUT2D eigenvalue weighted by Crippen LogP contribution is -2.46. The van der Waals surface area contributed by atoms with Crippen molar-refractivity contribution in [3.05, 3.63) is 30.1 Å². The van der Waals surface area contributed by atoms with Gasteiger partial charge >= 0.3 is 0 Å². The topological polar surface area (TPSA) is 77.0 Å². The van der Waals surface area contributed by atoms with Crippen LogP contribution in [-0.4, -0.2) is 67.3 Å². The largest absolute Gasteiger partial charge is 0.356 e. The molecule has 0 saturated carbocycles. The number of halogens is 1. The molecule has 0 bridgehead atoms. The first-order valence-electron chi connectivity index (χ1n) is 8.73. The lowest BCUT2D eigenvalue weighted by Gasteiger charge is -2.25. The molecule has 1 rings (SSSR count). The van der Waals surface area contributed by atoms with E-state index in [2.05, 4.69) is 15.6 Å². The van der Waals surface area contributed by atoms with Crippen LogP contribution in [0.15, 0.2) is 29.3 Å². The molecule has 0 aliphatic rings. The van der Waals surface area contributed by atoms with Crippen LogP contribution in [0.2, 0.25) is 0 Å². The molecule has 0 heterocycles. The number of aliphatic imine (C=N–C) groups is 1. The van der Waals surface area contributed by atoms with Gasteiger partial charge in [0.2, 0.25) is 11.8 Å². The van der Waals surface area contributed by atoms with E-state index >= 15 is 0 Å². The second-order valence-corrected chi connectivity index (χ2v) is 5.65. The van der Waals surface area contributed by atoms with Crippen LogP contribution >= 0.6 is 0 Å². The summed E-state index contributed by atoms with van der Waals surface area (Å²) in [6.45, 7) is 7.69. The van der Waals surface area contributed by atoms with Gasteiger partial charge in [-0.1, -0.05) is 6.07 Å². The standard InChI is InChI=1S/C18H28FN5O2/c1-5-20-18(23(4)13-17(26)24(6-2)7-3)21-12-16(25)22-15-10-8-9-14(19)11-15/h8-11H,5-7,12-13H2,1-4H3,(H,20,21)(H,22,25). The fourth-order valence-electron chi connectivity index (χ4n) is 2.34. The Kier molecular flexibility index (Phi) is 9.11. The number of likely N-dealkylation sites (N-methyl/N-ethyl adjacent to an activating group) is 2. The molecule has 0 atom stereocenters. The normalized spacial score (nSPS) is 11.0. The molecule has 26 heavy (non-hydrogen) atoms. The molecule has 2 N–H and O–H groups in total. The van der Waals surface area contributed by atoms with E-state index in [9.17, 15) is 14.0 Å². The monoisotopic (exact) mass is 365 g/mol. The first kappa shape index (κ1) is 21.4. The van der Waals surface area contributed by atoms with Gasteiger partial charge in [0.1, 0.15) is 12.4 Å². The summed E-state index contributed by atoms with van der Waals surface area (Å²) >= 11 is 0. The van der Waals surface area contributed by atoms with E-state index in [-0.39, 0.29) is 24.9 Å². The van der Waals surface area contributed by atoms with Gasteiger partial charge < -0.3 is 20.4 Å². The molecular weight excluding hydrogens is 337 g/mol. The number of hydrogen-bond acceptors (Lipinski definition) is 3. The van der Waals surface area contributed by atoms with Crippen molar-refractivity contribution in [3.8, 4) is 0 Å². The van der Waals surface area contributed by atoms with Crippen LogP contribution in [0.4, 0.5) is 10.1 Å². The van der Waals surface area contributed by atoms with Crippen molar-refractivity contribution in [1.29, 1.82) is 0 Å². The van der Waals surface area contributed by atoms with Crippen molar-refractivity contribution in [3.63, 3.8) is 0 Å². The van der Waals surface area contributed by atoms with Crippen LogP contribution in [0.5, 0.6) is 0 Å². The highest BCUT2D eigenvalue weighted by atomic mass is 19.1. The van der Waals surface area contributed by atoms with Crippen molar-refractivity contribution in [2.24, 2.45) is 4.99 Å². The number of hydrogen-bond donors (Lipinski definition) is 2. The highest BCUT2D eigenvalue weighted by Crippen LogP contribution is 2.08. The quantitative estimate of drug-likeness (QED) is 0.541. The maximum absolute atomic E-state index is 13.2. The van der Waals surface area contributed by atoms with E-state index < -0.39 is 5.82 Å². The number of nitrogens with one attached hydrogen (secondary N) is 2. The first-order valence-corrected chi connectivity index (χ1v) is 8.73. The summed E-state index contributed by atoms with van der Waals surface area (Å²) in [4.78, 5) is 31.9. The number of nitrogens with zero attached hydrogens (tertiary/aromatic N) is 3. The molecule has 144 valence electrons. The predicted molar refractivity (Wildman–Crippen MR) is 102 cm³/mol. The Labute approximate surface area is 154 Å². The van der Waals surface area contributed by atoms with Gasteiger partial charge in [-0.3, -0.25) is 9.59 Å². The Morgan fingerprint density at radius 1 is 1.19 bits per heavy atom. The third-order valence-corrected chi connectivity index (χ3v) is 3.67. The molecule has 0 aromatic heterocycles. The van der Waals surface area contributed by atoms with Crippen molar-refractivity contribution >= 4 is 23.5 Å². The number of carbonyl (C=O) groups excluding carboxylic acids is 2. The third kappa shape index (κ3) is 7.08. The molecule has 8 heteroatoms. The smallest absolute Gasteiger partial charge is 0.246 e. The molecule has 0 fully saturated rings. The van der Waals surface area contributed by atoms with Crippen LogP contribution in [0.3, 0.4) is 0 Å². The summed E-state index contributed by atoms with van der Waals surface area (Å²) in [6.07, 6.45) is 0. The highest BCUT2D eigenvalue weighted by Gasteiger charge is 2.15. The van der Waals surface area contributed by atoms with Gasteiger partial charge in [0.05, 0.1) is 6.54 Å². The molecular formula is C18H28FN5O2. The average Bonchev–Trinajstić information content (AvgIpc) is 2.59. The second kappa shape index (κ2) is 11.1. The molecule has 2 amide bonds. The van der Waals surface area contributed by atoms with Crippen molar-refractivity contribution < 1.29 is 14.0 Å². The van der Waals surface area contributed by atoms with Crippen molar-refractivity contribution in [1.82, 2.24) is 15.1 Å². The van der Waals surface area contributed by atoms with E-state index in [4.69, 9.17) is 0 Å². The zero-order valence-corrected chi connectivity index (χ0v) is 15.9. The number of guanidine groups is 1. The Bertz CT molecular complexity index is 632. The lowest BCUT2D eigenvalue weighted by molar-refractivity contribution is -0.131. The van der Waals surface area contributed by atoms with E-state index in [0.717, 1.165) is 0 Å². The van der Waals surface area contributed by atoms with Crippen LogP contribution in [0.25, 0.3) is 0 Å². The Morgan fingerprint density at radius 3 is 2.46 bits per heavy atom. The zero-order valence-electron chi connectivity index (χ0n) is 15.9. The number of carbonyl (C=O) groups is 2. The molecule has 0 saturated heterocycles. The van der Waals surface area contributed by atoms with Crippen molar-refractivity contribution in [2.75, 3.05) is 45.1 Å². The summed E-state index contributed by atoms with van der Waals surface area (Å²) in [5.41, 5.74) is 0.375. The second-order valence-electron chi connectivity index (χ2n) is 5.65. The summed E-state index contributed by atoms with van der Waals surface area (Å²) in [7, 11) is 1.74. The summed E-state index contributed by atoms with van der Waals surface area (Å²) in [5.74, 6) is -0.335. The van der Waals surface area contributed by atoms with Crippen LogP contribution in [0, 0.1) is 5.82 Å². The molecule has 0 spiro atoms. The minimum absolute atomic E-state index is 0.00712. The van der Waals surface area contributed by atoms with Gasteiger partial charge in [0.25, 0.3) is 0 Å². The minimum Gasteiger partial charge on any atom is -0.356 e. The summed E-state index contributed by atoms with van der Waals surface area (Å²) in [5, 5.41) is 5.65. The maximum Gasteiger partial charge on any atom is 0.246 e. The summed E-state index contributed by atoms with van der Waals surface area (Å²) in [6, 6.07) is 5.66. The Hall–Kier alpha value is -2.64. The molecule has 0 aliphatic heterocycles. The Balaban J connectivity index is 2.69. The number of anilines is 1. The SMILES string of the molecule is CCNC(=NCC(=O)Nc1cccc(F)c1)N(C)CC(=O)N(CC)CC. The van der Waals surface area contributed by atoms with Crippen LogP contribution < -0.4 is 10.6 Å². The predicted octanol–water partition coefficient (Wildman–Crippen LogP) is 1.53. The van der Waals surface area contributed by atoms with Gasteiger partial charge in [0, 0.05) is 32.4 Å². The van der Waals surface area contributed by atoms with Gasteiger partial charge in [-0.2, -0.15) is 0 Å². The molecule has 0 radical (unpaired) electrons. The van der Waals surface area contributed by atoms with Crippen molar-refractivity contribution in [2.45, 2.75) is 20.8 Å². The molecule has 7 nitrogen and oxygen atoms in total. The fraction of sp³-hybridized carbons (Fsp3) is 0.500. The Morgan fingerprint density at radius 2 is 1.88 bits per heavy atom. The molecule has 0 aliphatic carbocycles. The first-order chi connectivity index (χ1) is 12.4. The molecule has 0 unspecified atom stereocenters. The van der Waals surface area contributed by atoms with Gasteiger partial charge in [0.15, 0.2) is 5.96 Å². The van der Waals surface area contributed by atoms with Gasteiger partial charge in [-0.25, -0.2) is 9.38 Å². The summed E-state index contributed by atoms with van der Waals surface area (Å²) < 4.78 is 13.2. The van der Waals surface area contributed by atoms with E-state index in [1.165, 1.54) is 18.2 Å². The van der Waals surface area contributed by atoms with E-state index in [1.54, 1.807) is 22.9 Å². The molecule has 1 aromatic rings. The van der Waals surface area contributed by atoms with Crippen LogP contribution in [-0.2, 0) is 9.59 Å². The average molecular weight is 365 g/mol. The fourth-order valence-corrected chi connectivity index (χ4v) is 2.34.